The van der Waals surface area contributed by atoms with Crippen LogP contribution in [-0.2, 0) is 22.7 Å². The van der Waals surface area contributed by atoms with E-state index in [0.29, 0.717) is 22.2 Å². The van der Waals surface area contributed by atoms with Crippen LogP contribution in [0.3, 0.4) is 0 Å². The number of alkyl halides is 3. The van der Waals surface area contributed by atoms with E-state index >= 15 is 0 Å². The number of halogens is 3. The summed E-state index contributed by atoms with van der Waals surface area (Å²) in [6.07, 6.45) is -2.90. The molecule has 5 nitrogen and oxygen atoms in total. The Morgan fingerprint density at radius 3 is 2.36 bits per heavy atom. The monoisotopic (exact) mass is 410 g/mol. The SMILES string of the molecule is COc1ccc(S(=O)(=O)N(C)Cc2ccc(C(F)(F)F)cc2)c2cccnc12. The second kappa shape index (κ2) is 7.40. The third-order valence-corrected chi connectivity index (χ3v) is 6.15. The second-order valence-electron chi connectivity index (χ2n) is 6.12. The molecule has 1 heterocycles. The van der Waals surface area contributed by atoms with Crippen molar-refractivity contribution in [3.05, 3.63) is 65.9 Å². The molecule has 0 aliphatic carbocycles. The number of aromatic nitrogens is 1. The van der Waals surface area contributed by atoms with Gasteiger partial charge < -0.3 is 4.74 Å². The van der Waals surface area contributed by atoms with Crippen LogP contribution in [0, 0.1) is 0 Å². The van der Waals surface area contributed by atoms with Crippen molar-refractivity contribution in [2.24, 2.45) is 0 Å². The predicted octanol–water partition coefficient (Wildman–Crippen LogP) is 4.08. The number of ether oxygens (including phenoxy) is 1. The lowest BCUT2D eigenvalue weighted by Gasteiger charge is -2.19. The molecular weight excluding hydrogens is 393 g/mol. The molecule has 0 atom stereocenters. The fraction of sp³-hybridized carbons (Fsp3) is 0.211. The molecule has 3 aromatic rings. The largest absolute Gasteiger partial charge is 0.494 e. The van der Waals surface area contributed by atoms with E-state index in [-0.39, 0.29) is 11.4 Å². The van der Waals surface area contributed by atoms with Crippen LogP contribution >= 0.6 is 0 Å². The summed E-state index contributed by atoms with van der Waals surface area (Å²) in [6, 6.07) is 10.6. The quantitative estimate of drug-likeness (QED) is 0.636. The Morgan fingerprint density at radius 1 is 1.07 bits per heavy atom. The van der Waals surface area contributed by atoms with Crippen molar-refractivity contribution in [3.8, 4) is 5.75 Å². The number of hydrogen-bond acceptors (Lipinski definition) is 4. The molecule has 0 aliphatic rings. The zero-order chi connectivity index (χ0) is 20.5. The van der Waals surface area contributed by atoms with Gasteiger partial charge in [0.25, 0.3) is 0 Å². The van der Waals surface area contributed by atoms with Crippen LogP contribution in [-0.4, -0.2) is 31.9 Å². The number of sulfonamides is 1. The zero-order valence-corrected chi connectivity index (χ0v) is 15.9. The van der Waals surface area contributed by atoms with Gasteiger partial charge in [0.2, 0.25) is 10.0 Å². The highest BCUT2D eigenvalue weighted by Gasteiger charge is 2.30. The smallest absolute Gasteiger partial charge is 0.416 e. The molecule has 0 fully saturated rings. The molecule has 1 aromatic heterocycles. The summed E-state index contributed by atoms with van der Waals surface area (Å²) in [6.45, 7) is -0.0751. The first-order valence-corrected chi connectivity index (χ1v) is 9.63. The maximum Gasteiger partial charge on any atom is 0.416 e. The zero-order valence-electron chi connectivity index (χ0n) is 15.1. The Bertz CT molecular complexity index is 1100. The number of fused-ring (bicyclic) bond motifs is 1. The lowest BCUT2D eigenvalue weighted by atomic mass is 10.1. The molecule has 0 spiro atoms. The van der Waals surface area contributed by atoms with Gasteiger partial charge in [0, 0.05) is 25.2 Å². The Morgan fingerprint density at radius 2 is 1.75 bits per heavy atom. The first-order valence-electron chi connectivity index (χ1n) is 8.19. The van der Waals surface area contributed by atoms with Crippen molar-refractivity contribution >= 4 is 20.9 Å². The van der Waals surface area contributed by atoms with Gasteiger partial charge in [-0.3, -0.25) is 4.98 Å². The highest BCUT2D eigenvalue weighted by atomic mass is 32.2. The van der Waals surface area contributed by atoms with Crippen molar-refractivity contribution < 1.29 is 26.3 Å². The van der Waals surface area contributed by atoms with Crippen LogP contribution in [0.5, 0.6) is 5.75 Å². The predicted molar refractivity (Wildman–Crippen MR) is 98.4 cm³/mol. The molecule has 3 rings (SSSR count). The van der Waals surface area contributed by atoms with Gasteiger partial charge >= 0.3 is 6.18 Å². The van der Waals surface area contributed by atoms with E-state index in [1.54, 1.807) is 12.1 Å². The van der Waals surface area contributed by atoms with Crippen LogP contribution in [0.1, 0.15) is 11.1 Å². The highest BCUT2D eigenvalue weighted by molar-refractivity contribution is 7.89. The van der Waals surface area contributed by atoms with Crippen LogP contribution < -0.4 is 4.74 Å². The minimum Gasteiger partial charge on any atom is -0.494 e. The van der Waals surface area contributed by atoms with E-state index in [4.69, 9.17) is 4.74 Å². The number of hydrogen-bond donors (Lipinski definition) is 0. The van der Waals surface area contributed by atoms with E-state index < -0.39 is 21.8 Å². The van der Waals surface area contributed by atoms with E-state index in [1.807, 2.05) is 0 Å². The van der Waals surface area contributed by atoms with Gasteiger partial charge in [-0.15, -0.1) is 0 Å². The topological polar surface area (TPSA) is 59.5 Å². The Balaban J connectivity index is 1.94. The highest BCUT2D eigenvalue weighted by Crippen LogP contribution is 2.32. The fourth-order valence-electron chi connectivity index (χ4n) is 2.82. The van der Waals surface area contributed by atoms with E-state index in [9.17, 15) is 21.6 Å². The Kier molecular flexibility index (Phi) is 5.31. The third kappa shape index (κ3) is 3.81. The van der Waals surface area contributed by atoms with Gasteiger partial charge in [-0.1, -0.05) is 12.1 Å². The number of nitrogens with zero attached hydrogens (tertiary/aromatic N) is 2. The maximum absolute atomic E-state index is 13.1. The van der Waals surface area contributed by atoms with Crippen LogP contribution in [0.15, 0.2) is 59.6 Å². The summed E-state index contributed by atoms with van der Waals surface area (Å²) in [5.41, 5.74) is 0.0676. The van der Waals surface area contributed by atoms with Gasteiger partial charge in [-0.25, -0.2) is 8.42 Å². The van der Waals surface area contributed by atoms with Crippen molar-refractivity contribution in [1.29, 1.82) is 0 Å². The molecule has 28 heavy (non-hydrogen) atoms. The molecule has 0 saturated carbocycles. The second-order valence-corrected chi connectivity index (χ2v) is 8.13. The van der Waals surface area contributed by atoms with Crippen LogP contribution in [0.4, 0.5) is 13.2 Å². The summed E-state index contributed by atoms with van der Waals surface area (Å²) >= 11 is 0. The standard InChI is InChI=1S/C19H17F3N2O3S/c1-24(12-13-5-7-14(8-6-13)19(20,21)22)28(25,26)17-10-9-16(27-2)18-15(17)4-3-11-23-18/h3-11H,12H2,1-2H3. The molecule has 0 aliphatic heterocycles. The fourth-order valence-corrected chi connectivity index (χ4v) is 4.16. The third-order valence-electron chi connectivity index (χ3n) is 4.29. The first kappa shape index (κ1) is 20.1. The average Bonchev–Trinajstić information content (AvgIpc) is 2.66. The van der Waals surface area contributed by atoms with Crippen LogP contribution in [0.2, 0.25) is 0 Å². The van der Waals surface area contributed by atoms with Crippen LogP contribution in [0.25, 0.3) is 10.9 Å². The van der Waals surface area contributed by atoms with E-state index in [1.165, 1.54) is 44.6 Å². The number of methoxy groups -OCH3 is 1. The number of rotatable bonds is 5. The van der Waals surface area contributed by atoms with E-state index in [2.05, 4.69) is 4.98 Å². The summed E-state index contributed by atoms with van der Waals surface area (Å²) in [5.74, 6) is 0.444. The number of pyridine rings is 1. The molecule has 0 amide bonds. The van der Waals surface area contributed by atoms with Gasteiger partial charge in [-0.05, 0) is 42.0 Å². The lowest BCUT2D eigenvalue weighted by molar-refractivity contribution is -0.137. The van der Waals surface area contributed by atoms with Crippen molar-refractivity contribution in [2.45, 2.75) is 17.6 Å². The Labute approximate surface area is 160 Å². The van der Waals surface area contributed by atoms with Gasteiger partial charge in [0.05, 0.1) is 17.6 Å². The molecule has 9 heteroatoms. The van der Waals surface area contributed by atoms with E-state index in [0.717, 1.165) is 16.4 Å². The van der Waals surface area contributed by atoms with Crippen molar-refractivity contribution in [2.75, 3.05) is 14.2 Å². The molecule has 2 aromatic carbocycles. The summed E-state index contributed by atoms with van der Waals surface area (Å²) in [5, 5.41) is 0.404. The molecule has 148 valence electrons. The molecule has 0 N–H and O–H groups in total. The average molecular weight is 410 g/mol. The van der Waals surface area contributed by atoms with Gasteiger partial charge in [0.1, 0.15) is 11.3 Å². The lowest BCUT2D eigenvalue weighted by Crippen LogP contribution is -2.26. The molecule has 0 unspecified atom stereocenters. The molecule has 0 radical (unpaired) electrons. The summed E-state index contributed by atoms with van der Waals surface area (Å²) in [4.78, 5) is 4.23. The summed E-state index contributed by atoms with van der Waals surface area (Å²) in [7, 11) is -1.07. The van der Waals surface area contributed by atoms with Gasteiger partial charge in [-0.2, -0.15) is 17.5 Å². The first-order chi connectivity index (χ1) is 13.1. The summed E-state index contributed by atoms with van der Waals surface area (Å²) < 4.78 is 70.5. The number of benzene rings is 2. The Hall–Kier alpha value is -2.65. The molecule has 0 saturated heterocycles. The van der Waals surface area contributed by atoms with Crippen molar-refractivity contribution in [3.63, 3.8) is 0 Å². The minimum atomic E-state index is -4.44. The minimum absolute atomic E-state index is 0.0470. The maximum atomic E-state index is 13.1. The van der Waals surface area contributed by atoms with Crippen molar-refractivity contribution in [1.82, 2.24) is 9.29 Å². The molecular formula is C19H17F3N2O3S. The normalized spacial score (nSPS) is 12.5. The van der Waals surface area contributed by atoms with Gasteiger partial charge in [0.15, 0.2) is 0 Å². The molecule has 0 bridgehead atoms.